The highest BCUT2D eigenvalue weighted by Gasteiger charge is 2.08. The van der Waals surface area contributed by atoms with Crippen molar-refractivity contribution < 1.29 is 19.0 Å². The number of rotatable bonds is 6. The summed E-state index contributed by atoms with van der Waals surface area (Å²) in [5, 5.41) is 2.61. The fraction of sp³-hybridized carbons (Fsp3) is 0.462. The van der Waals surface area contributed by atoms with Crippen molar-refractivity contribution in [1.82, 2.24) is 0 Å². The minimum atomic E-state index is -0.482. The standard InChI is InChI=1S/C13H19NO4/c1-4-16-11-8-7-10(9-12(11)17-5-2)14-13(15)18-6-3/h7-9H,4-6H2,1-3H3,(H,14,15). The van der Waals surface area contributed by atoms with Gasteiger partial charge in [-0.2, -0.15) is 0 Å². The molecule has 0 saturated heterocycles. The number of ether oxygens (including phenoxy) is 3. The van der Waals surface area contributed by atoms with Crippen LogP contribution in [0.1, 0.15) is 20.8 Å². The monoisotopic (exact) mass is 253 g/mol. The number of hydrogen-bond acceptors (Lipinski definition) is 4. The van der Waals surface area contributed by atoms with Crippen molar-refractivity contribution in [2.45, 2.75) is 20.8 Å². The van der Waals surface area contributed by atoms with Crippen molar-refractivity contribution in [3.8, 4) is 11.5 Å². The van der Waals surface area contributed by atoms with E-state index in [0.29, 0.717) is 37.0 Å². The van der Waals surface area contributed by atoms with Gasteiger partial charge < -0.3 is 14.2 Å². The van der Waals surface area contributed by atoms with Crippen LogP contribution in [-0.2, 0) is 4.74 Å². The largest absolute Gasteiger partial charge is 0.490 e. The predicted octanol–water partition coefficient (Wildman–Crippen LogP) is 3.05. The molecule has 18 heavy (non-hydrogen) atoms. The van der Waals surface area contributed by atoms with E-state index in [1.807, 2.05) is 13.8 Å². The van der Waals surface area contributed by atoms with Crippen LogP contribution in [0.15, 0.2) is 18.2 Å². The van der Waals surface area contributed by atoms with E-state index in [-0.39, 0.29) is 0 Å². The van der Waals surface area contributed by atoms with Crippen LogP contribution in [-0.4, -0.2) is 25.9 Å². The molecule has 0 aliphatic rings. The molecule has 0 unspecified atom stereocenters. The van der Waals surface area contributed by atoms with Crippen LogP contribution in [0.4, 0.5) is 10.5 Å². The average molecular weight is 253 g/mol. The zero-order valence-corrected chi connectivity index (χ0v) is 11.0. The van der Waals surface area contributed by atoms with Gasteiger partial charge in [0, 0.05) is 11.8 Å². The summed E-state index contributed by atoms with van der Waals surface area (Å²) in [5.41, 5.74) is 0.611. The van der Waals surface area contributed by atoms with Crippen molar-refractivity contribution in [2.75, 3.05) is 25.1 Å². The van der Waals surface area contributed by atoms with Gasteiger partial charge in [-0.3, -0.25) is 5.32 Å². The van der Waals surface area contributed by atoms with Gasteiger partial charge in [0.15, 0.2) is 11.5 Å². The van der Waals surface area contributed by atoms with Crippen molar-refractivity contribution in [2.24, 2.45) is 0 Å². The third-order valence-electron chi connectivity index (χ3n) is 2.07. The van der Waals surface area contributed by atoms with E-state index in [0.717, 1.165) is 0 Å². The van der Waals surface area contributed by atoms with E-state index >= 15 is 0 Å². The fourth-order valence-corrected chi connectivity index (χ4v) is 1.41. The maximum atomic E-state index is 11.3. The molecular formula is C13H19NO4. The van der Waals surface area contributed by atoms with Crippen LogP contribution in [0.5, 0.6) is 11.5 Å². The van der Waals surface area contributed by atoms with Crippen molar-refractivity contribution in [3.63, 3.8) is 0 Å². The second-order valence-corrected chi connectivity index (χ2v) is 3.37. The third-order valence-corrected chi connectivity index (χ3v) is 2.07. The molecule has 0 spiro atoms. The predicted molar refractivity (Wildman–Crippen MR) is 69.4 cm³/mol. The van der Waals surface area contributed by atoms with Crippen molar-refractivity contribution >= 4 is 11.8 Å². The van der Waals surface area contributed by atoms with E-state index < -0.39 is 6.09 Å². The molecule has 0 aliphatic heterocycles. The highest BCUT2D eigenvalue weighted by Crippen LogP contribution is 2.30. The number of carbonyl (C=O) groups is 1. The molecule has 0 aliphatic carbocycles. The molecule has 1 amide bonds. The summed E-state index contributed by atoms with van der Waals surface area (Å²) in [6.07, 6.45) is -0.482. The van der Waals surface area contributed by atoms with Gasteiger partial charge >= 0.3 is 6.09 Å². The lowest BCUT2D eigenvalue weighted by atomic mass is 10.2. The van der Waals surface area contributed by atoms with Crippen LogP contribution in [0.25, 0.3) is 0 Å². The molecule has 100 valence electrons. The van der Waals surface area contributed by atoms with Gasteiger partial charge in [-0.25, -0.2) is 4.79 Å². The summed E-state index contributed by atoms with van der Waals surface area (Å²) < 4.78 is 15.7. The van der Waals surface area contributed by atoms with E-state index in [1.165, 1.54) is 0 Å². The second-order valence-electron chi connectivity index (χ2n) is 3.37. The number of nitrogens with one attached hydrogen (secondary N) is 1. The van der Waals surface area contributed by atoms with Crippen LogP contribution >= 0.6 is 0 Å². The van der Waals surface area contributed by atoms with Crippen LogP contribution in [0, 0.1) is 0 Å². The molecule has 0 saturated carbocycles. The fourth-order valence-electron chi connectivity index (χ4n) is 1.41. The van der Waals surface area contributed by atoms with E-state index in [2.05, 4.69) is 5.32 Å². The first-order chi connectivity index (χ1) is 8.71. The van der Waals surface area contributed by atoms with Crippen LogP contribution in [0.3, 0.4) is 0 Å². The molecule has 5 heteroatoms. The number of hydrogen-bond donors (Lipinski definition) is 1. The zero-order valence-electron chi connectivity index (χ0n) is 11.0. The second kappa shape index (κ2) is 7.42. The minimum absolute atomic E-state index is 0.335. The summed E-state index contributed by atoms with van der Waals surface area (Å²) in [6.45, 7) is 6.97. The first kappa shape index (κ1) is 14.2. The molecule has 0 heterocycles. The molecule has 0 bridgehead atoms. The lowest BCUT2D eigenvalue weighted by Gasteiger charge is -2.12. The van der Waals surface area contributed by atoms with Gasteiger partial charge in [-0.05, 0) is 32.9 Å². The van der Waals surface area contributed by atoms with E-state index in [4.69, 9.17) is 14.2 Å². The molecular weight excluding hydrogens is 234 g/mol. The first-order valence-electron chi connectivity index (χ1n) is 6.04. The van der Waals surface area contributed by atoms with Gasteiger partial charge in [0.1, 0.15) is 0 Å². The minimum Gasteiger partial charge on any atom is -0.490 e. The molecule has 1 aromatic carbocycles. The average Bonchev–Trinajstić information content (AvgIpc) is 2.33. The summed E-state index contributed by atoms with van der Waals surface area (Å²) in [5.74, 6) is 1.27. The van der Waals surface area contributed by atoms with E-state index in [1.54, 1.807) is 25.1 Å². The Bertz CT molecular complexity index is 393. The van der Waals surface area contributed by atoms with Crippen molar-refractivity contribution in [3.05, 3.63) is 18.2 Å². The zero-order chi connectivity index (χ0) is 13.4. The Morgan fingerprint density at radius 2 is 1.72 bits per heavy atom. The molecule has 0 aromatic heterocycles. The Morgan fingerprint density at radius 1 is 1.06 bits per heavy atom. The quantitative estimate of drug-likeness (QED) is 0.846. The number of anilines is 1. The van der Waals surface area contributed by atoms with E-state index in [9.17, 15) is 4.79 Å². The Kier molecular flexibility index (Phi) is 5.84. The smallest absolute Gasteiger partial charge is 0.411 e. The summed E-state index contributed by atoms with van der Waals surface area (Å²) in [7, 11) is 0. The van der Waals surface area contributed by atoms with Crippen molar-refractivity contribution in [1.29, 1.82) is 0 Å². The molecule has 1 aromatic rings. The van der Waals surface area contributed by atoms with Gasteiger partial charge in [-0.15, -0.1) is 0 Å². The summed E-state index contributed by atoms with van der Waals surface area (Å²) >= 11 is 0. The SMILES string of the molecule is CCOC(=O)Nc1ccc(OCC)c(OCC)c1. The Balaban J connectivity index is 2.81. The maximum absolute atomic E-state index is 11.3. The summed E-state index contributed by atoms with van der Waals surface area (Å²) in [4.78, 5) is 11.3. The highest BCUT2D eigenvalue weighted by molar-refractivity contribution is 5.85. The molecule has 5 nitrogen and oxygen atoms in total. The van der Waals surface area contributed by atoms with Crippen LogP contribution in [0.2, 0.25) is 0 Å². The van der Waals surface area contributed by atoms with Gasteiger partial charge in [0.2, 0.25) is 0 Å². The van der Waals surface area contributed by atoms with Gasteiger partial charge in [0.25, 0.3) is 0 Å². The molecule has 0 atom stereocenters. The summed E-state index contributed by atoms with van der Waals surface area (Å²) in [6, 6.07) is 5.21. The van der Waals surface area contributed by atoms with Gasteiger partial charge in [0.05, 0.1) is 19.8 Å². The highest BCUT2D eigenvalue weighted by atomic mass is 16.5. The lowest BCUT2D eigenvalue weighted by molar-refractivity contribution is 0.168. The normalized spacial score (nSPS) is 9.72. The Hall–Kier alpha value is -1.91. The molecule has 1 rings (SSSR count). The maximum Gasteiger partial charge on any atom is 0.411 e. The van der Waals surface area contributed by atoms with Crippen LogP contribution < -0.4 is 14.8 Å². The van der Waals surface area contributed by atoms with Gasteiger partial charge in [-0.1, -0.05) is 0 Å². The molecule has 0 radical (unpaired) electrons. The number of carbonyl (C=O) groups excluding carboxylic acids is 1. The molecule has 1 N–H and O–H groups in total. The number of amides is 1. The lowest BCUT2D eigenvalue weighted by Crippen LogP contribution is -2.13. The Labute approximate surface area is 107 Å². The third kappa shape index (κ3) is 4.16. The Morgan fingerprint density at radius 3 is 2.33 bits per heavy atom. The topological polar surface area (TPSA) is 56.8 Å². The number of benzene rings is 1. The first-order valence-corrected chi connectivity index (χ1v) is 6.04. The molecule has 0 fully saturated rings.